The Hall–Kier alpha value is -1.57. The molecule has 5 nitrogen and oxygen atoms in total. The van der Waals surface area contributed by atoms with E-state index in [-0.39, 0.29) is 18.7 Å². The molecule has 1 aromatic heterocycles. The summed E-state index contributed by atoms with van der Waals surface area (Å²) in [6.07, 6.45) is -4.10. The van der Waals surface area contributed by atoms with Crippen LogP contribution in [0.25, 0.3) is 0 Å². The maximum absolute atomic E-state index is 12.8. The van der Waals surface area contributed by atoms with Gasteiger partial charge in [0.2, 0.25) is 0 Å². The van der Waals surface area contributed by atoms with Crippen molar-refractivity contribution in [2.24, 2.45) is 0 Å². The summed E-state index contributed by atoms with van der Waals surface area (Å²) < 4.78 is 43.9. The van der Waals surface area contributed by atoms with Crippen LogP contribution in [0.3, 0.4) is 0 Å². The van der Waals surface area contributed by atoms with Crippen LogP contribution in [0, 0.1) is 0 Å². The molecule has 18 heavy (non-hydrogen) atoms. The average Bonchev–Trinajstić information content (AvgIpc) is 2.68. The summed E-state index contributed by atoms with van der Waals surface area (Å²) in [7, 11) is 1.19. The average molecular weight is 263 g/mol. The fourth-order valence-corrected chi connectivity index (χ4v) is 1.97. The van der Waals surface area contributed by atoms with Gasteiger partial charge in [-0.1, -0.05) is 0 Å². The monoisotopic (exact) mass is 263 g/mol. The quantitative estimate of drug-likeness (QED) is 0.799. The predicted octanol–water partition coefficient (Wildman–Crippen LogP) is 0.721. The number of methoxy groups -OCH3 is 1. The van der Waals surface area contributed by atoms with Crippen LogP contribution in [-0.2, 0) is 35.2 Å². The number of alkyl halides is 3. The third-order valence-electron chi connectivity index (χ3n) is 2.78. The molecule has 2 heterocycles. The van der Waals surface area contributed by atoms with Crippen LogP contribution in [-0.4, -0.2) is 29.4 Å². The number of hydrogen-bond acceptors (Lipinski definition) is 4. The smallest absolute Gasteiger partial charge is 0.435 e. The molecular weight excluding hydrogens is 251 g/mol. The number of ether oxygens (including phenoxy) is 1. The Kier molecular flexibility index (Phi) is 3.29. The highest BCUT2D eigenvalue weighted by Crippen LogP contribution is 2.33. The molecule has 100 valence electrons. The molecule has 0 bridgehead atoms. The van der Waals surface area contributed by atoms with E-state index in [1.54, 1.807) is 0 Å². The van der Waals surface area contributed by atoms with E-state index in [4.69, 9.17) is 0 Å². The number of hydrogen-bond donors (Lipinski definition) is 1. The fourth-order valence-electron chi connectivity index (χ4n) is 1.97. The van der Waals surface area contributed by atoms with Crippen molar-refractivity contribution in [3.63, 3.8) is 0 Å². The molecule has 0 unspecified atom stereocenters. The first-order valence-corrected chi connectivity index (χ1v) is 5.36. The van der Waals surface area contributed by atoms with Gasteiger partial charge in [-0.05, 0) is 0 Å². The number of nitrogens with zero attached hydrogens (tertiary/aromatic N) is 2. The van der Waals surface area contributed by atoms with Crippen molar-refractivity contribution in [2.45, 2.75) is 25.7 Å². The number of halogens is 3. The Morgan fingerprint density at radius 1 is 1.56 bits per heavy atom. The van der Waals surface area contributed by atoms with Gasteiger partial charge in [0, 0.05) is 30.8 Å². The number of carbonyl (C=O) groups is 1. The standard InChI is InChI=1S/C10H12F3N3O2/c1-18-8(17)5-16-7-2-3-14-4-6(7)9(15-16)10(11,12)13/h14H,2-5H2,1H3. The molecule has 0 aromatic carbocycles. The van der Waals surface area contributed by atoms with E-state index in [1.807, 2.05) is 0 Å². The molecule has 0 aliphatic carbocycles. The van der Waals surface area contributed by atoms with Gasteiger partial charge in [-0.25, -0.2) is 0 Å². The molecule has 0 fully saturated rings. The topological polar surface area (TPSA) is 56.2 Å². The molecule has 1 aromatic rings. The number of rotatable bonds is 2. The molecule has 8 heteroatoms. The SMILES string of the molecule is COC(=O)Cn1nc(C(F)(F)F)c2c1CCNC2. The summed E-state index contributed by atoms with van der Waals surface area (Å²) in [5, 5.41) is 6.37. The molecule has 0 spiro atoms. The van der Waals surface area contributed by atoms with Gasteiger partial charge in [0.25, 0.3) is 0 Å². The van der Waals surface area contributed by atoms with Crippen LogP contribution >= 0.6 is 0 Å². The number of esters is 1. The molecule has 0 amide bonds. The van der Waals surface area contributed by atoms with Gasteiger partial charge in [0.1, 0.15) is 6.54 Å². The van der Waals surface area contributed by atoms with Crippen molar-refractivity contribution in [2.75, 3.05) is 13.7 Å². The molecule has 1 N–H and O–H groups in total. The van der Waals surface area contributed by atoms with E-state index in [2.05, 4.69) is 15.2 Å². The molecule has 0 radical (unpaired) electrons. The highest BCUT2D eigenvalue weighted by molar-refractivity contribution is 5.69. The van der Waals surface area contributed by atoms with E-state index >= 15 is 0 Å². The third kappa shape index (κ3) is 2.33. The summed E-state index contributed by atoms with van der Waals surface area (Å²) in [5.41, 5.74) is -0.349. The zero-order valence-corrected chi connectivity index (χ0v) is 9.67. The van der Waals surface area contributed by atoms with Gasteiger partial charge in [-0.2, -0.15) is 18.3 Å². The summed E-state index contributed by atoms with van der Waals surface area (Å²) in [6, 6.07) is 0. The molecule has 1 aliphatic heterocycles. The van der Waals surface area contributed by atoms with E-state index in [0.29, 0.717) is 18.7 Å². The van der Waals surface area contributed by atoms with Crippen LogP contribution in [0.4, 0.5) is 13.2 Å². The number of aromatic nitrogens is 2. The molecule has 2 rings (SSSR count). The Morgan fingerprint density at radius 3 is 2.89 bits per heavy atom. The van der Waals surface area contributed by atoms with Crippen molar-refractivity contribution < 1.29 is 22.7 Å². The summed E-state index contributed by atoms with van der Waals surface area (Å²) in [6.45, 7) is 0.386. The lowest BCUT2D eigenvalue weighted by atomic mass is 10.1. The molecule has 1 aliphatic rings. The Bertz CT molecular complexity index is 468. The summed E-state index contributed by atoms with van der Waals surface area (Å²) in [4.78, 5) is 11.1. The second-order valence-electron chi connectivity index (χ2n) is 3.93. The van der Waals surface area contributed by atoms with Gasteiger partial charge >= 0.3 is 12.1 Å². The van der Waals surface area contributed by atoms with Crippen molar-refractivity contribution >= 4 is 5.97 Å². The van der Waals surface area contributed by atoms with Gasteiger partial charge in [0.05, 0.1) is 7.11 Å². The number of carbonyl (C=O) groups excluding carboxylic acids is 1. The summed E-state index contributed by atoms with van der Waals surface area (Å²) in [5.74, 6) is -0.618. The maximum atomic E-state index is 12.8. The lowest BCUT2D eigenvalue weighted by Gasteiger charge is -2.15. The predicted molar refractivity (Wildman–Crippen MR) is 54.7 cm³/mol. The third-order valence-corrected chi connectivity index (χ3v) is 2.78. The number of nitrogens with one attached hydrogen (secondary N) is 1. The van der Waals surface area contributed by atoms with Gasteiger partial charge < -0.3 is 10.1 Å². The lowest BCUT2D eigenvalue weighted by Crippen LogP contribution is -2.26. The molecule has 0 saturated carbocycles. The van der Waals surface area contributed by atoms with Crippen molar-refractivity contribution in [1.82, 2.24) is 15.1 Å². The number of fused-ring (bicyclic) bond motifs is 1. The van der Waals surface area contributed by atoms with E-state index in [1.165, 1.54) is 7.11 Å². The Labute approximate surface area is 101 Å². The molecular formula is C10H12F3N3O2. The zero-order chi connectivity index (χ0) is 13.3. The van der Waals surface area contributed by atoms with Crippen molar-refractivity contribution in [3.8, 4) is 0 Å². The van der Waals surface area contributed by atoms with Crippen molar-refractivity contribution in [3.05, 3.63) is 17.0 Å². The first-order valence-electron chi connectivity index (χ1n) is 5.36. The second-order valence-corrected chi connectivity index (χ2v) is 3.93. The lowest BCUT2D eigenvalue weighted by molar-refractivity contribution is -0.144. The zero-order valence-electron chi connectivity index (χ0n) is 9.67. The van der Waals surface area contributed by atoms with Crippen LogP contribution in [0.2, 0.25) is 0 Å². The largest absolute Gasteiger partial charge is 0.468 e. The van der Waals surface area contributed by atoms with E-state index in [0.717, 1.165) is 4.68 Å². The molecule has 0 atom stereocenters. The highest BCUT2D eigenvalue weighted by atomic mass is 19.4. The first kappa shape index (κ1) is 12.9. The fraction of sp³-hybridized carbons (Fsp3) is 0.600. The minimum Gasteiger partial charge on any atom is -0.468 e. The van der Waals surface area contributed by atoms with Crippen molar-refractivity contribution in [1.29, 1.82) is 0 Å². The van der Waals surface area contributed by atoms with Gasteiger partial charge in [0.15, 0.2) is 5.69 Å². The Balaban J connectivity index is 2.42. The maximum Gasteiger partial charge on any atom is 0.435 e. The van der Waals surface area contributed by atoms with Crippen LogP contribution in [0.1, 0.15) is 17.0 Å². The van der Waals surface area contributed by atoms with Gasteiger partial charge in [-0.3, -0.25) is 9.48 Å². The van der Waals surface area contributed by atoms with Crippen LogP contribution in [0.5, 0.6) is 0 Å². The first-order chi connectivity index (χ1) is 8.43. The highest BCUT2D eigenvalue weighted by Gasteiger charge is 2.39. The van der Waals surface area contributed by atoms with Crippen LogP contribution in [0.15, 0.2) is 0 Å². The summed E-state index contributed by atoms with van der Waals surface area (Å²) >= 11 is 0. The van der Waals surface area contributed by atoms with Crippen LogP contribution < -0.4 is 5.32 Å². The minimum absolute atomic E-state index is 0.116. The minimum atomic E-state index is -4.51. The van der Waals surface area contributed by atoms with E-state index in [9.17, 15) is 18.0 Å². The normalized spacial score (nSPS) is 15.3. The van der Waals surface area contributed by atoms with E-state index < -0.39 is 17.8 Å². The van der Waals surface area contributed by atoms with Gasteiger partial charge in [-0.15, -0.1) is 0 Å². The molecule has 0 saturated heterocycles. The Morgan fingerprint density at radius 2 is 2.28 bits per heavy atom. The second kappa shape index (κ2) is 4.60.